The molecule has 1 aliphatic rings. The van der Waals surface area contributed by atoms with E-state index in [1.807, 2.05) is 26.0 Å². The van der Waals surface area contributed by atoms with Gasteiger partial charge in [0.15, 0.2) is 0 Å². The third-order valence-corrected chi connectivity index (χ3v) is 3.55. The largest absolute Gasteiger partial charge is 0.466 e. The number of hydrogen-bond donors (Lipinski definition) is 1. The van der Waals surface area contributed by atoms with Crippen LogP contribution in [0.4, 0.5) is 0 Å². The topological polar surface area (TPSA) is 46.5 Å². The molecule has 0 heterocycles. The highest BCUT2D eigenvalue weighted by Crippen LogP contribution is 2.48. The van der Waals surface area contributed by atoms with E-state index in [4.69, 9.17) is 9.84 Å². The molecule has 1 N–H and O–H groups in total. The molecule has 0 saturated heterocycles. The molecule has 0 amide bonds. The first-order valence-corrected chi connectivity index (χ1v) is 6.72. The summed E-state index contributed by atoms with van der Waals surface area (Å²) in [6, 6.07) is 8.18. The summed E-state index contributed by atoms with van der Waals surface area (Å²) in [4.78, 5) is 11.6. The first-order chi connectivity index (χ1) is 9.17. The zero-order chi connectivity index (χ0) is 13.8. The zero-order valence-corrected chi connectivity index (χ0v) is 11.4. The Bertz CT molecular complexity index is 491. The van der Waals surface area contributed by atoms with Crippen molar-refractivity contribution in [3.63, 3.8) is 0 Å². The van der Waals surface area contributed by atoms with E-state index in [0.29, 0.717) is 12.5 Å². The van der Waals surface area contributed by atoms with Gasteiger partial charge in [0.25, 0.3) is 0 Å². The van der Waals surface area contributed by atoms with Gasteiger partial charge < -0.3 is 9.84 Å². The van der Waals surface area contributed by atoms with Gasteiger partial charge in [-0.25, -0.2) is 0 Å². The molecule has 3 heteroatoms. The smallest absolute Gasteiger partial charge is 0.309 e. The molecular formula is C16H20O3. The van der Waals surface area contributed by atoms with Crippen molar-refractivity contribution in [1.82, 2.24) is 0 Å². The number of esters is 1. The van der Waals surface area contributed by atoms with Crippen LogP contribution in [-0.4, -0.2) is 24.3 Å². The fourth-order valence-corrected chi connectivity index (χ4v) is 2.34. The molecule has 3 nitrogen and oxygen atoms in total. The number of allylic oxidation sites excluding steroid dienone is 1. The second kappa shape index (κ2) is 6.02. The minimum atomic E-state index is -0.0828. The molecule has 1 saturated carbocycles. The van der Waals surface area contributed by atoms with Gasteiger partial charge in [0.05, 0.1) is 19.1 Å². The predicted molar refractivity (Wildman–Crippen MR) is 74.7 cm³/mol. The summed E-state index contributed by atoms with van der Waals surface area (Å²) in [6.07, 6.45) is 2.67. The summed E-state index contributed by atoms with van der Waals surface area (Å²) in [5.41, 5.74) is 3.33. The Hall–Kier alpha value is -1.61. The lowest BCUT2D eigenvalue weighted by atomic mass is 10.0. The lowest BCUT2D eigenvalue weighted by molar-refractivity contribution is -0.144. The number of hydrogen-bond acceptors (Lipinski definition) is 3. The van der Waals surface area contributed by atoms with Gasteiger partial charge in [-0.15, -0.1) is 0 Å². The summed E-state index contributed by atoms with van der Waals surface area (Å²) in [5, 5.41) is 8.93. The Labute approximate surface area is 113 Å². The molecule has 102 valence electrons. The molecule has 19 heavy (non-hydrogen) atoms. The average molecular weight is 260 g/mol. The molecule has 0 bridgehead atoms. The summed E-state index contributed by atoms with van der Waals surface area (Å²) >= 11 is 0. The molecule has 1 aromatic carbocycles. The highest BCUT2D eigenvalue weighted by atomic mass is 16.5. The van der Waals surface area contributed by atoms with Crippen LogP contribution in [0.5, 0.6) is 0 Å². The maximum absolute atomic E-state index is 11.6. The standard InChI is InChI=1S/C16H20O3/c1-3-19-16(18)15-10-14(15)13-6-4-5-12(9-13)11(2)7-8-17/h4-7,9,14-15,17H,3,8,10H2,1-2H3/b11-7+/t14?,15-/m1/s1. The number of benzene rings is 1. The van der Waals surface area contributed by atoms with Crippen LogP contribution in [0, 0.1) is 5.92 Å². The van der Waals surface area contributed by atoms with Crippen LogP contribution in [0.2, 0.25) is 0 Å². The summed E-state index contributed by atoms with van der Waals surface area (Å²) in [6.45, 7) is 4.30. The lowest BCUT2D eigenvalue weighted by Crippen LogP contribution is -2.07. The van der Waals surface area contributed by atoms with Crippen LogP contribution in [-0.2, 0) is 9.53 Å². The molecule has 1 fully saturated rings. The fourth-order valence-electron chi connectivity index (χ4n) is 2.34. The average Bonchev–Trinajstić information content (AvgIpc) is 3.20. The quantitative estimate of drug-likeness (QED) is 0.828. The van der Waals surface area contributed by atoms with Gasteiger partial charge in [-0.2, -0.15) is 0 Å². The van der Waals surface area contributed by atoms with Gasteiger partial charge in [0.2, 0.25) is 0 Å². The van der Waals surface area contributed by atoms with Crippen LogP contribution < -0.4 is 0 Å². The Kier molecular flexibility index (Phi) is 4.38. The zero-order valence-electron chi connectivity index (χ0n) is 11.4. The van der Waals surface area contributed by atoms with Crippen molar-refractivity contribution in [3.05, 3.63) is 41.5 Å². The number of ether oxygens (including phenoxy) is 1. The van der Waals surface area contributed by atoms with E-state index >= 15 is 0 Å². The van der Waals surface area contributed by atoms with E-state index in [-0.39, 0.29) is 18.5 Å². The highest BCUT2D eigenvalue weighted by Gasteiger charge is 2.45. The Morgan fingerprint density at radius 1 is 1.53 bits per heavy atom. The van der Waals surface area contributed by atoms with Gasteiger partial charge in [0.1, 0.15) is 0 Å². The Balaban J connectivity index is 2.09. The molecule has 0 aromatic heterocycles. The van der Waals surface area contributed by atoms with E-state index in [2.05, 4.69) is 12.1 Å². The van der Waals surface area contributed by atoms with Crippen LogP contribution in [0.1, 0.15) is 37.3 Å². The molecule has 1 aromatic rings. The normalized spacial score (nSPS) is 22.2. The molecule has 0 spiro atoms. The maximum atomic E-state index is 11.6. The highest BCUT2D eigenvalue weighted by molar-refractivity contribution is 5.77. The van der Waals surface area contributed by atoms with Crippen LogP contribution in [0.15, 0.2) is 30.3 Å². The maximum Gasteiger partial charge on any atom is 0.309 e. The minimum absolute atomic E-state index is 0.0253. The van der Waals surface area contributed by atoms with Crippen molar-refractivity contribution in [2.75, 3.05) is 13.2 Å². The van der Waals surface area contributed by atoms with Gasteiger partial charge >= 0.3 is 5.97 Å². The molecule has 2 atom stereocenters. The lowest BCUT2D eigenvalue weighted by Gasteiger charge is -2.06. The van der Waals surface area contributed by atoms with Crippen LogP contribution >= 0.6 is 0 Å². The van der Waals surface area contributed by atoms with E-state index in [0.717, 1.165) is 17.6 Å². The van der Waals surface area contributed by atoms with Gasteiger partial charge in [-0.1, -0.05) is 30.3 Å². The van der Waals surface area contributed by atoms with E-state index in [1.54, 1.807) is 6.08 Å². The number of carbonyl (C=O) groups is 1. The monoisotopic (exact) mass is 260 g/mol. The summed E-state index contributed by atoms with van der Waals surface area (Å²) < 4.78 is 5.05. The Morgan fingerprint density at radius 2 is 2.32 bits per heavy atom. The first-order valence-electron chi connectivity index (χ1n) is 6.72. The SMILES string of the molecule is CCOC(=O)[C@@H]1CC1c1cccc(/C(C)=C/CO)c1. The predicted octanol–water partition coefficient (Wildman–Crippen LogP) is 2.75. The third kappa shape index (κ3) is 3.24. The number of carbonyl (C=O) groups excluding carboxylic acids is 1. The third-order valence-electron chi connectivity index (χ3n) is 3.55. The molecule has 0 aliphatic heterocycles. The van der Waals surface area contributed by atoms with Gasteiger partial charge in [-0.3, -0.25) is 4.79 Å². The molecule has 1 aliphatic carbocycles. The number of aliphatic hydroxyl groups excluding tert-OH is 1. The molecular weight excluding hydrogens is 240 g/mol. The van der Waals surface area contributed by atoms with Crippen LogP contribution in [0.3, 0.4) is 0 Å². The summed E-state index contributed by atoms with van der Waals surface area (Å²) in [5.74, 6) is 0.235. The van der Waals surface area contributed by atoms with E-state index in [9.17, 15) is 4.79 Å². The van der Waals surface area contributed by atoms with Crippen molar-refractivity contribution in [2.24, 2.45) is 5.92 Å². The number of aliphatic hydroxyl groups is 1. The molecule has 1 unspecified atom stereocenters. The summed E-state index contributed by atoms with van der Waals surface area (Å²) in [7, 11) is 0. The van der Waals surface area contributed by atoms with Crippen molar-refractivity contribution in [3.8, 4) is 0 Å². The van der Waals surface area contributed by atoms with Gasteiger partial charge in [-0.05, 0) is 42.9 Å². The van der Waals surface area contributed by atoms with Crippen LogP contribution in [0.25, 0.3) is 5.57 Å². The molecule has 2 rings (SSSR count). The fraction of sp³-hybridized carbons (Fsp3) is 0.438. The number of rotatable bonds is 5. The van der Waals surface area contributed by atoms with Crippen molar-refractivity contribution in [2.45, 2.75) is 26.2 Å². The van der Waals surface area contributed by atoms with Crippen molar-refractivity contribution >= 4 is 11.5 Å². The Morgan fingerprint density at radius 3 is 3.00 bits per heavy atom. The first kappa shape index (κ1) is 13.8. The minimum Gasteiger partial charge on any atom is -0.466 e. The molecule has 0 radical (unpaired) electrons. The van der Waals surface area contributed by atoms with E-state index in [1.165, 1.54) is 5.56 Å². The van der Waals surface area contributed by atoms with Crippen molar-refractivity contribution < 1.29 is 14.6 Å². The van der Waals surface area contributed by atoms with Gasteiger partial charge in [0, 0.05) is 0 Å². The van der Waals surface area contributed by atoms with Crippen molar-refractivity contribution in [1.29, 1.82) is 0 Å². The second-order valence-electron chi connectivity index (χ2n) is 4.90. The van der Waals surface area contributed by atoms with E-state index < -0.39 is 0 Å². The second-order valence-corrected chi connectivity index (χ2v) is 4.90.